The largest absolute Gasteiger partial charge is 0.335 e. The van der Waals surface area contributed by atoms with E-state index in [1.165, 1.54) is 0 Å². The molecule has 0 aromatic heterocycles. The zero-order chi connectivity index (χ0) is 13.3. The number of sulfone groups is 1. The summed E-state index contributed by atoms with van der Waals surface area (Å²) in [4.78, 5) is 26.6. The van der Waals surface area contributed by atoms with Crippen molar-refractivity contribution >= 4 is 21.7 Å². The van der Waals surface area contributed by atoms with Crippen LogP contribution in [0.1, 0.15) is 19.8 Å². The zero-order valence-corrected chi connectivity index (χ0v) is 11.3. The predicted octanol–water partition coefficient (Wildman–Crippen LogP) is -0.746. The number of carbonyl (C=O) groups excluding carboxylic acids is 2. The van der Waals surface area contributed by atoms with Gasteiger partial charge in [-0.15, -0.1) is 0 Å². The Labute approximate surface area is 107 Å². The molecule has 6 nitrogen and oxygen atoms in total. The molecule has 7 heteroatoms. The van der Waals surface area contributed by atoms with Crippen molar-refractivity contribution in [2.75, 3.05) is 31.1 Å². The molecule has 2 amide bonds. The lowest BCUT2D eigenvalue weighted by Gasteiger charge is -2.37. The Bertz CT molecular complexity index is 460. The van der Waals surface area contributed by atoms with Gasteiger partial charge in [-0.2, -0.15) is 0 Å². The van der Waals surface area contributed by atoms with Gasteiger partial charge in [0.15, 0.2) is 9.84 Å². The molecule has 18 heavy (non-hydrogen) atoms. The third-order valence-corrected chi connectivity index (χ3v) is 5.31. The van der Waals surface area contributed by atoms with Gasteiger partial charge in [0, 0.05) is 25.6 Å². The van der Waals surface area contributed by atoms with Gasteiger partial charge in [-0.3, -0.25) is 9.59 Å². The lowest BCUT2D eigenvalue weighted by Crippen LogP contribution is -2.55. The van der Waals surface area contributed by atoms with Gasteiger partial charge < -0.3 is 9.80 Å². The van der Waals surface area contributed by atoms with E-state index in [9.17, 15) is 18.0 Å². The lowest BCUT2D eigenvalue weighted by atomic mass is 10.2. The molecule has 0 aromatic carbocycles. The normalized spacial score (nSPS) is 27.6. The van der Waals surface area contributed by atoms with Crippen molar-refractivity contribution in [2.45, 2.75) is 25.8 Å². The van der Waals surface area contributed by atoms with Crippen LogP contribution in [0, 0.1) is 0 Å². The predicted molar refractivity (Wildman–Crippen MR) is 65.6 cm³/mol. The van der Waals surface area contributed by atoms with E-state index < -0.39 is 9.84 Å². The zero-order valence-electron chi connectivity index (χ0n) is 10.5. The smallest absolute Gasteiger partial charge is 0.242 e. The highest BCUT2D eigenvalue weighted by molar-refractivity contribution is 7.91. The second-order valence-corrected chi connectivity index (χ2v) is 7.04. The van der Waals surface area contributed by atoms with Crippen LogP contribution < -0.4 is 0 Å². The molecule has 2 saturated heterocycles. The van der Waals surface area contributed by atoms with E-state index in [0.717, 1.165) is 0 Å². The second kappa shape index (κ2) is 4.87. The average molecular weight is 274 g/mol. The molecule has 102 valence electrons. The van der Waals surface area contributed by atoms with Crippen molar-refractivity contribution < 1.29 is 18.0 Å². The van der Waals surface area contributed by atoms with Crippen molar-refractivity contribution in [1.29, 1.82) is 0 Å². The summed E-state index contributed by atoms with van der Waals surface area (Å²) in [6.45, 7) is 2.81. The van der Waals surface area contributed by atoms with Crippen LogP contribution in [0.2, 0.25) is 0 Å². The fourth-order valence-electron chi connectivity index (χ4n) is 2.53. The fraction of sp³-hybridized carbons (Fsp3) is 0.818. The standard InChI is InChI=1S/C11H18N2O4S/c1-2-10(14)12-4-5-13(11(15)7-12)9-3-6-18(16,17)8-9/h9H,2-8H2,1H3/t9-/m0/s1. The van der Waals surface area contributed by atoms with Crippen molar-refractivity contribution in [3.05, 3.63) is 0 Å². The quantitative estimate of drug-likeness (QED) is 0.664. The van der Waals surface area contributed by atoms with Gasteiger partial charge in [-0.1, -0.05) is 6.92 Å². The molecule has 0 aromatic rings. The van der Waals surface area contributed by atoms with E-state index in [-0.39, 0.29) is 35.9 Å². The molecule has 2 aliphatic heterocycles. The third kappa shape index (κ3) is 2.66. The van der Waals surface area contributed by atoms with Gasteiger partial charge in [0.05, 0.1) is 18.1 Å². The molecular formula is C11H18N2O4S. The average Bonchev–Trinajstić information content (AvgIpc) is 2.68. The van der Waals surface area contributed by atoms with Crippen LogP contribution in [-0.2, 0) is 19.4 Å². The number of nitrogens with zero attached hydrogens (tertiary/aromatic N) is 2. The Morgan fingerprint density at radius 2 is 2.11 bits per heavy atom. The molecular weight excluding hydrogens is 256 g/mol. The number of rotatable bonds is 2. The maximum absolute atomic E-state index is 12.0. The Kier molecular flexibility index (Phi) is 3.61. The Morgan fingerprint density at radius 1 is 1.39 bits per heavy atom. The van der Waals surface area contributed by atoms with E-state index in [1.807, 2.05) is 0 Å². The Balaban J connectivity index is 1.98. The summed E-state index contributed by atoms with van der Waals surface area (Å²) >= 11 is 0. The van der Waals surface area contributed by atoms with Crippen molar-refractivity contribution in [1.82, 2.24) is 9.80 Å². The van der Waals surface area contributed by atoms with Gasteiger partial charge in [-0.05, 0) is 6.42 Å². The highest BCUT2D eigenvalue weighted by atomic mass is 32.2. The minimum atomic E-state index is -2.98. The monoisotopic (exact) mass is 274 g/mol. The molecule has 2 rings (SSSR count). The fourth-order valence-corrected chi connectivity index (χ4v) is 4.26. The molecule has 0 N–H and O–H groups in total. The van der Waals surface area contributed by atoms with Crippen molar-refractivity contribution in [3.8, 4) is 0 Å². The number of piperazine rings is 1. The van der Waals surface area contributed by atoms with Crippen LogP contribution in [0.25, 0.3) is 0 Å². The summed E-state index contributed by atoms with van der Waals surface area (Å²) in [5.41, 5.74) is 0. The van der Waals surface area contributed by atoms with Crippen molar-refractivity contribution in [3.63, 3.8) is 0 Å². The molecule has 2 aliphatic rings. The van der Waals surface area contributed by atoms with E-state index in [4.69, 9.17) is 0 Å². The van der Waals surface area contributed by atoms with E-state index in [1.54, 1.807) is 16.7 Å². The van der Waals surface area contributed by atoms with Gasteiger partial charge in [-0.25, -0.2) is 8.42 Å². The Hall–Kier alpha value is -1.11. The molecule has 1 atom stereocenters. The van der Waals surface area contributed by atoms with E-state index in [0.29, 0.717) is 25.9 Å². The van der Waals surface area contributed by atoms with Crippen molar-refractivity contribution in [2.24, 2.45) is 0 Å². The van der Waals surface area contributed by atoms with Gasteiger partial charge in [0.1, 0.15) is 0 Å². The minimum absolute atomic E-state index is 0.0259. The van der Waals surface area contributed by atoms with E-state index in [2.05, 4.69) is 0 Å². The number of hydrogen-bond acceptors (Lipinski definition) is 4. The summed E-state index contributed by atoms with van der Waals surface area (Å²) in [6, 6.07) is -0.193. The summed E-state index contributed by atoms with van der Waals surface area (Å²) < 4.78 is 22.8. The van der Waals surface area contributed by atoms with Crippen LogP contribution >= 0.6 is 0 Å². The maximum atomic E-state index is 12.0. The molecule has 0 aliphatic carbocycles. The summed E-state index contributed by atoms with van der Waals surface area (Å²) in [5.74, 6) is 0.0756. The van der Waals surface area contributed by atoms with Gasteiger partial charge in [0.25, 0.3) is 0 Å². The third-order valence-electron chi connectivity index (χ3n) is 3.56. The number of hydrogen-bond donors (Lipinski definition) is 0. The van der Waals surface area contributed by atoms with Crippen LogP contribution in [-0.4, -0.2) is 67.2 Å². The number of amides is 2. The molecule has 2 fully saturated rings. The first kappa shape index (κ1) is 13.3. The molecule has 0 spiro atoms. The van der Waals surface area contributed by atoms with Crippen LogP contribution in [0.15, 0.2) is 0 Å². The van der Waals surface area contributed by atoms with Crippen LogP contribution in [0.4, 0.5) is 0 Å². The highest BCUT2D eigenvalue weighted by Crippen LogP contribution is 2.20. The summed E-state index contributed by atoms with van der Waals surface area (Å²) in [6.07, 6.45) is 0.918. The molecule has 0 saturated carbocycles. The van der Waals surface area contributed by atoms with Crippen LogP contribution in [0.5, 0.6) is 0 Å². The first-order valence-corrected chi connectivity index (χ1v) is 8.03. The molecule has 0 bridgehead atoms. The highest BCUT2D eigenvalue weighted by Gasteiger charge is 2.37. The maximum Gasteiger partial charge on any atom is 0.242 e. The SMILES string of the molecule is CCC(=O)N1CCN([C@H]2CCS(=O)(=O)C2)C(=O)C1. The van der Waals surface area contributed by atoms with Crippen LogP contribution in [0.3, 0.4) is 0 Å². The lowest BCUT2D eigenvalue weighted by molar-refractivity contribution is -0.146. The molecule has 0 unspecified atom stereocenters. The van der Waals surface area contributed by atoms with Gasteiger partial charge >= 0.3 is 0 Å². The summed E-state index contributed by atoms with van der Waals surface area (Å²) in [5, 5.41) is 0. The molecule has 0 radical (unpaired) electrons. The Morgan fingerprint density at radius 3 is 2.61 bits per heavy atom. The van der Waals surface area contributed by atoms with E-state index >= 15 is 0 Å². The summed E-state index contributed by atoms with van der Waals surface area (Å²) in [7, 11) is -2.98. The number of carbonyl (C=O) groups is 2. The second-order valence-electron chi connectivity index (χ2n) is 4.81. The van der Waals surface area contributed by atoms with Gasteiger partial charge in [0.2, 0.25) is 11.8 Å². The topological polar surface area (TPSA) is 74.8 Å². The first-order valence-electron chi connectivity index (χ1n) is 6.20. The molecule has 2 heterocycles. The minimum Gasteiger partial charge on any atom is -0.335 e. The first-order chi connectivity index (χ1) is 8.43.